The molecule has 4 saturated carbocycles. The molecule has 0 spiro atoms. The molecule has 0 aromatic rings. The van der Waals surface area contributed by atoms with Crippen LogP contribution in [0.4, 0.5) is 0 Å². The summed E-state index contributed by atoms with van der Waals surface area (Å²) < 4.78 is 0. The van der Waals surface area contributed by atoms with Gasteiger partial charge in [0.2, 0.25) is 0 Å². The van der Waals surface area contributed by atoms with Crippen LogP contribution in [0.2, 0.25) is 0 Å². The van der Waals surface area contributed by atoms with E-state index in [0.29, 0.717) is 0 Å². The Labute approximate surface area is 113 Å². The first-order chi connectivity index (χ1) is 7.77. The van der Waals surface area contributed by atoms with E-state index < -0.39 is 0 Å². The Morgan fingerprint density at radius 1 is 0.812 bits per heavy atom. The molecule has 0 bridgehead atoms. The summed E-state index contributed by atoms with van der Waals surface area (Å²) in [7, 11) is 0. The lowest BCUT2D eigenvalue weighted by atomic mass is 9.87. The Morgan fingerprint density at radius 3 is 2.56 bits per heavy atom. The van der Waals surface area contributed by atoms with Crippen molar-refractivity contribution in [2.45, 2.75) is 22.5 Å². The van der Waals surface area contributed by atoms with Crippen LogP contribution in [0.5, 0.6) is 0 Å². The van der Waals surface area contributed by atoms with Crippen molar-refractivity contribution in [1.82, 2.24) is 0 Å². The Kier molecular flexibility index (Phi) is 1.69. The zero-order valence-electron chi connectivity index (χ0n) is 9.10. The highest BCUT2D eigenvalue weighted by Crippen LogP contribution is 2.74. The zero-order chi connectivity index (χ0) is 10.6. The summed E-state index contributed by atoms with van der Waals surface area (Å²) in [6.07, 6.45) is 8.21. The van der Waals surface area contributed by atoms with E-state index in [9.17, 15) is 0 Å². The van der Waals surface area contributed by atoms with E-state index in [1.807, 2.05) is 0 Å². The smallest absolute Gasteiger partial charge is 0.0310 e. The maximum Gasteiger partial charge on any atom is 0.0310 e. The molecular weight excluding hydrogens is 328 g/mol. The van der Waals surface area contributed by atoms with Crippen LogP contribution < -0.4 is 0 Å². The van der Waals surface area contributed by atoms with E-state index in [4.69, 9.17) is 0 Å². The third-order valence-corrected chi connectivity index (χ3v) is 9.70. The highest BCUT2D eigenvalue weighted by molar-refractivity contribution is 9.12. The van der Waals surface area contributed by atoms with Gasteiger partial charge in [-0.2, -0.15) is 0 Å². The van der Waals surface area contributed by atoms with Crippen molar-refractivity contribution in [3.8, 4) is 0 Å². The van der Waals surface area contributed by atoms with Crippen molar-refractivity contribution in [2.75, 3.05) is 0 Å². The Balaban J connectivity index is 1.70. The third-order valence-electron chi connectivity index (χ3n) is 6.57. The number of allylic oxidation sites excluding steroid dienone is 2. The van der Waals surface area contributed by atoms with Crippen LogP contribution >= 0.6 is 31.9 Å². The van der Waals surface area contributed by atoms with Crippen molar-refractivity contribution in [1.29, 1.82) is 0 Å². The number of fused-ring (bicyclic) bond motifs is 1. The van der Waals surface area contributed by atoms with Crippen LogP contribution in [0.25, 0.3) is 0 Å². The van der Waals surface area contributed by atoms with Crippen LogP contribution in [0.3, 0.4) is 0 Å². The SMILES string of the molecule is Br[C@H]1[C@H](Br)[C@H]2[C@H]3C=C[C@H]4C[C@H]5C[C@@H]1[C@@H]2[C@H]5[C@@H]34. The highest BCUT2D eigenvalue weighted by atomic mass is 79.9. The average molecular weight is 344 g/mol. The first kappa shape index (κ1) is 9.61. The lowest BCUT2D eigenvalue weighted by molar-refractivity contribution is 0.315. The first-order valence-corrected chi connectivity index (χ1v) is 8.57. The Morgan fingerprint density at radius 2 is 1.69 bits per heavy atom. The summed E-state index contributed by atoms with van der Waals surface area (Å²) in [5, 5.41) is 0. The third kappa shape index (κ3) is 0.829. The van der Waals surface area contributed by atoms with Gasteiger partial charge in [0.25, 0.3) is 0 Å². The molecule has 0 unspecified atom stereocenters. The van der Waals surface area contributed by atoms with Gasteiger partial charge in [-0.05, 0) is 60.2 Å². The molecule has 86 valence electrons. The molecule has 5 rings (SSSR count). The molecule has 10 atom stereocenters. The fraction of sp³-hybridized carbons (Fsp3) is 0.857. The molecule has 0 radical (unpaired) electrons. The molecule has 5 aliphatic rings. The van der Waals surface area contributed by atoms with Gasteiger partial charge in [-0.1, -0.05) is 44.0 Å². The second-order valence-corrected chi connectivity index (χ2v) is 8.83. The summed E-state index contributed by atoms with van der Waals surface area (Å²) in [4.78, 5) is 1.49. The molecular formula is C14H16Br2. The molecule has 0 aliphatic heterocycles. The maximum absolute atomic E-state index is 4.00. The van der Waals surface area contributed by atoms with Crippen LogP contribution in [0.1, 0.15) is 12.8 Å². The standard InChI is InChI=1S/C14H16Br2/c15-13-8-4-6-3-5-1-2-7-9(5)10(6)11(8)12(7)14(13)16/h1-2,5-14H,3-4H2/t5-,6-,7-,8+,9+,10+,11+,12-,13+,14+/m0/s1. The van der Waals surface area contributed by atoms with Crippen molar-refractivity contribution in [3.63, 3.8) is 0 Å². The second-order valence-electron chi connectivity index (χ2n) is 6.72. The molecule has 0 N–H and O–H groups in total. The maximum atomic E-state index is 4.00. The minimum Gasteiger partial charge on any atom is -0.0875 e. The van der Waals surface area contributed by atoms with E-state index in [2.05, 4.69) is 44.0 Å². The fourth-order valence-electron chi connectivity index (χ4n) is 6.43. The van der Waals surface area contributed by atoms with Gasteiger partial charge in [0.15, 0.2) is 0 Å². The number of alkyl halides is 2. The molecule has 0 saturated heterocycles. The van der Waals surface area contributed by atoms with Crippen molar-refractivity contribution in [2.24, 2.45) is 47.3 Å². The molecule has 5 aliphatic carbocycles. The topological polar surface area (TPSA) is 0 Å². The summed E-state index contributed by atoms with van der Waals surface area (Å²) >= 11 is 7.99. The molecule has 0 heterocycles. The average Bonchev–Trinajstić information content (AvgIpc) is 2.95. The number of halogens is 2. The summed E-state index contributed by atoms with van der Waals surface area (Å²) in [5.41, 5.74) is 0. The molecule has 0 amide bonds. The van der Waals surface area contributed by atoms with Crippen LogP contribution in [-0.4, -0.2) is 9.65 Å². The van der Waals surface area contributed by atoms with E-state index >= 15 is 0 Å². The summed E-state index contributed by atoms with van der Waals surface area (Å²) in [6, 6.07) is 0. The van der Waals surface area contributed by atoms with Gasteiger partial charge >= 0.3 is 0 Å². The predicted octanol–water partition coefficient (Wildman–Crippen LogP) is 3.85. The minimum atomic E-state index is 0.738. The molecule has 16 heavy (non-hydrogen) atoms. The largest absolute Gasteiger partial charge is 0.0875 e. The molecule has 2 heteroatoms. The van der Waals surface area contributed by atoms with Crippen molar-refractivity contribution >= 4 is 31.9 Å². The minimum absolute atomic E-state index is 0.738. The molecule has 4 fully saturated rings. The van der Waals surface area contributed by atoms with Gasteiger partial charge in [-0.3, -0.25) is 0 Å². The van der Waals surface area contributed by atoms with Crippen molar-refractivity contribution < 1.29 is 0 Å². The molecule has 0 nitrogen and oxygen atoms in total. The van der Waals surface area contributed by atoms with Gasteiger partial charge in [-0.15, -0.1) is 0 Å². The normalized spacial score (nSPS) is 72.9. The van der Waals surface area contributed by atoms with Gasteiger partial charge in [0.05, 0.1) is 0 Å². The Bertz CT molecular complexity index is 390. The fourth-order valence-corrected chi connectivity index (χ4v) is 8.44. The number of rotatable bonds is 0. The van der Waals surface area contributed by atoms with Gasteiger partial charge in [0, 0.05) is 9.65 Å². The number of hydrogen-bond donors (Lipinski definition) is 0. The van der Waals surface area contributed by atoms with Gasteiger partial charge < -0.3 is 0 Å². The number of hydrogen-bond acceptors (Lipinski definition) is 0. The zero-order valence-corrected chi connectivity index (χ0v) is 12.3. The monoisotopic (exact) mass is 342 g/mol. The van der Waals surface area contributed by atoms with E-state index in [1.54, 1.807) is 0 Å². The lowest BCUT2D eigenvalue weighted by Gasteiger charge is -2.22. The van der Waals surface area contributed by atoms with E-state index in [0.717, 1.165) is 57.0 Å². The first-order valence-electron chi connectivity index (χ1n) is 6.74. The summed E-state index contributed by atoms with van der Waals surface area (Å²) in [6.45, 7) is 0. The van der Waals surface area contributed by atoms with Crippen molar-refractivity contribution in [3.05, 3.63) is 12.2 Å². The van der Waals surface area contributed by atoms with E-state index in [-0.39, 0.29) is 0 Å². The quantitative estimate of drug-likeness (QED) is 0.463. The Hall–Kier alpha value is 0.700. The van der Waals surface area contributed by atoms with Gasteiger partial charge in [0.1, 0.15) is 0 Å². The van der Waals surface area contributed by atoms with E-state index in [1.165, 1.54) is 12.8 Å². The molecule has 0 aromatic heterocycles. The summed E-state index contributed by atoms with van der Waals surface area (Å²) in [5.74, 6) is 8.15. The highest BCUT2D eigenvalue weighted by Gasteiger charge is 2.70. The van der Waals surface area contributed by atoms with Crippen LogP contribution in [-0.2, 0) is 0 Å². The van der Waals surface area contributed by atoms with Crippen LogP contribution in [0.15, 0.2) is 12.2 Å². The van der Waals surface area contributed by atoms with Crippen LogP contribution in [0, 0.1) is 47.3 Å². The second kappa shape index (κ2) is 2.82. The lowest BCUT2D eigenvalue weighted by Crippen LogP contribution is -2.23. The molecule has 0 aromatic carbocycles. The predicted molar refractivity (Wildman–Crippen MR) is 71.7 cm³/mol. The van der Waals surface area contributed by atoms with Gasteiger partial charge in [-0.25, -0.2) is 0 Å².